The molecule has 0 unspecified atom stereocenters. The van der Waals surface area contributed by atoms with Crippen LogP contribution in [0.2, 0.25) is 0 Å². The van der Waals surface area contributed by atoms with E-state index in [0.29, 0.717) is 35.0 Å². The molecule has 1 saturated carbocycles. The molecule has 1 aliphatic heterocycles. The van der Waals surface area contributed by atoms with Gasteiger partial charge in [-0.25, -0.2) is 8.78 Å². The molecular weight excluding hydrogens is 358 g/mol. The Hall–Kier alpha value is -3.12. The number of benzene rings is 1. The first-order valence-corrected chi connectivity index (χ1v) is 9.44. The topological polar surface area (TPSA) is 55.8 Å². The molecule has 0 radical (unpaired) electrons. The molecule has 2 aliphatic rings. The average Bonchev–Trinajstić information content (AvgIpc) is 3.50. The summed E-state index contributed by atoms with van der Waals surface area (Å²) in [5.41, 5.74) is 3.19. The molecule has 2 heterocycles. The summed E-state index contributed by atoms with van der Waals surface area (Å²) in [6, 6.07) is 8.87. The molecule has 0 N–H and O–H groups in total. The maximum atomic E-state index is 13.5. The fourth-order valence-electron chi connectivity index (χ4n) is 3.84. The van der Waals surface area contributed by atoms with Crippen molar-refractivity contribution in [2.75, 3.05) is 19.9 Å². The first kappa shape index (κ1) is 18.3. The van der Waals surface area contributed by atoms with Crippen LogP contribution < -0.4 is 0 Å². The van der Waals surface area contributed by atoms with Crippen molar-refractivity contribution in [2.45, 2.75) is 25.4 Å². The van der Waals surface area contributed by atoms with Crippen molar-refractivity contribution in [2.24, 2.45) is 5.92 Å². The quantitative estimate of drug-likeness (QED) is 0.752. The van der Waals surface area contributed by atoms with Crippen molar-refractivity contribution in [3.63, 3.8) is 0 Å². The molecule has 1 aromatic heterocycles. The number of halogens is 2. The van der Waals surface area contributed by atoms with Crippen LogP contribution in [0.3, 0.4) is 0 Å². The number of aromatic nitrogens is 1. The minimum absolute atomic E-state index is 0.392. The maximum Gasteiger partial charge on any atom is 0.112 e. The zero-order valence-corrected chi connectivity index (χ0v) is 15.4. The van der Waals surface area contributed by atoms with Crippen molar-refractivity contribution in [3.8, 4) is 12.1 Å². The van der Waals surface area contributed by atoms with E-state index in [1.54, 1.807) is 23.1 Å². The minimum atomic E-state index is -0.884. The van der Waals surface area contributed by atoms with Crippen LogP contribution in [0.1, 0.15) is 29.7 Å². The van der Waals surface area contributed by atoms with Crippen LogP contribution in [-0.4, -0.2) is 35.4 Å². The van der Waals surface area contributed by atoms with Gasteiger partial charge in [0.1, 0.15) is 19.4 Å². The molecule has 4 rings (SSSR count). The molecule has 0 spiro atoms. The Bertz CT molecular complexity index is 1040. The molecule has 1 aliphatic carbocycles. The molecule has 0 saturated heterocycles. The summed E-state index contributed by atoms with van der Waals surface area (Å²) in [5, 5.41) is 20.0. The van der Waals surface area contributed by atoms with E-state index >= 15 is 0 Å². The predicted molar refractivity (Wildman–Crippen MR) is 104 cm³/mol. The summed E-state index contributed by atoms with van der Waals surface area (Å²) in [5.74, 6) is 0.526. The summed E-state index contributed by atoms with van der Waals surface area (Å²) in [6.07, 6.45) is 7.79. The fraction of sp³-hybridized carbons (Fsp3) is 0.364. The Morgan fingerprint density at radius 3 is 2.57 bits per heavy atom. The molecule has 2 aromatic rings. The van der Waals surface area contributed by atoms with Crippen LogP contribution in [0.4, 0.5) is 8.78 Å². The first-order chi connectivity index (χ1) is 13.7. The Morgan fingerprint density at radius 1 is 1.14 bits per heavy atom. The van der Waals surface area contributed by atoms with Crippen LogP contribution in [0.15, 0.2) is 36.4 Å². The van der Waals surface area contributed by atoms with E-state index in [1.165, 1.54) is 0 Å². The number of hydrogen-bond acceptors (Lipinski definition) is 3. The number of nitrogens with zero attached hydrogens (tertiary/aromatic N) is 4. The maximum absolute atomic E-state index is 13.5. The Kier molecular flexibility index (Phi) is 4.88. The first-order valence-electron chi connectivity index (χ1n) is 9.44. The molecule has 0 amide bonds. The van der Waals surface area contributed by atoms with Gasteiger partial charge >= 0.3 is 0 Å². The van der Waals surface area contributed by atoms with Crippen molar-refractivity contribution >= 4 is 16.6 Å². The molecular formula is C22H20F2N4. The zero-order valence-electron chi connectivity index (χ0n) is 15.4. The van der Waals surface area contributed by atoms with Crippen molar-refractivity contribution in [1.82, 2.24) is 9.47 Å². The Labute approximate surface area is 162 Å². The summed E-state index contributed by atoms with van der Waals surface area (Å²) in [6.45, 7) is -0.479. The van der Waals surface area contributed by atoms with Crippen LogP contribution in [0.5, 0.6) is 0 Å². The lowest BCUT2D eigenvalue weighted by atomic mass is 10.1. The number of hydrogen-bond donors (Lipinski definition) is 0. The third-order valence-electron chi connectivity index (χ3n) is 5.48. The summed E-state index contributed by atoms with van der Waals surface area (Å²) in [4.78, 5) is 1.70. The van der Waals surface area contributed by atoms with Crippen molar-refractivity contribution in [1.29, 1.82) is 10.5 Å². The monoisotopic (exact) mass is 378 g/mol. The van der Waals surface area contributed by atoms with E-state index in [2.05, 4.69) is 16.7 Å². The van der Waals surface area contributed by atoms with Gasteiger partial charge in [-0.3, -0.25) is 0 Å². The lowest BCUT2D eigenvalue weighted by molar-refractivity contribution is 0.211. The molecule has 28 heavy (non-hydrogen) atoms. The second kappa shape index (κ2) is 7.48. The molecule has 0 bridgehead atoms. The number of allylic oxidation sites excluding steroid dienone is 2. The van der Waals surface area contributed by atoms with Crippen LogP contribution in [0.25, 0.3) is 16.6 Å². The third-order valence-corrected chi connectivity index (χ3v) is 5.48. The van der Waals surface area contributed by atoms with Gasteiger partial charge in [0.15, 0.2) is 0 Å². The van der Waals surface area contributed by atoms with Gasteiger partial charge in [0, 0.05) is 18.5 Å². The molecule has 6 heteroatoms. The second-order valence-electron chi connectivity index (χ2n) is 7.33. The van der Waals surface area contributed by atoms with Gasteiger partial charge < -0.3 is 9.47 Å². The zero-order chi connectivity index (χ0) is 19.7. The molecule has 0 atom stereocenters. The summed E-state index contributed by atoms with van der Waals surface area (Å²) >= 11 is 0. The summed E-state index contributed by atoms with van der Waals surface area (Å²) < 4.78 is 29.1. The van der Waals surface area contributed by atoms with Crippen LogP contribution in [0, 0.1) is 28.6 Å². The van der Waals surface area contributed by atoms with E-state index in [4.69, 9.17) is 0 Å². The number of nitriles is 2. The van der Waals surface area contributed by atoms with E-state index in [-0.39, 0.29) is 0 Å². The molecule has 1 aromatic carbocycles. The Balaban J connectivity index is 1.96. The highest BCUT2D eigenvalue weighted by molar-refractivity contribution is 5.93. The van der Waals surface area contributed by atoms with Gasteiger partial charge in [-0.1, -0.05) is 18.2 Å². The number of alkyl halides is 2. The SMILES string of the molecule is N#Cc1ccc2c(C#N)c(C3=CC=CCN3C(CF)CF)n(CC3CC3)c2c1. The van der Waals surface area contributed by atoms with Gasteiger partial charge in [0.05, 0.1) is 40.1 Å². The van der Waals surface area contributed by atoms with Gasteiger partial charge in [-0.15, -0.1) is 0 Å². The van der Waals surface area contributed by atoms with Gasteiger partial charge in [0.2, 0.25) is 0 Å². The molecule has 4 nitrogen and oxygen atoms in total. The standard InChI is InChI=1S/C22H20F2N4/c23-10-17(11-24)27-8-2-1-3-20(27)22-19(13-26)18-7-6-16(12-25)9-21(18)28(22)14-15-4-5-15/h1-3,6-7,9,15,17H,4-5,8,10-11,14H2. The normalized spacial score (nSPS) is 16.3. The number of rotatable bonds is 6. The molecule has 1 fully saturated rings. The smallest absolute Gasteiger partial charge is 0.112 e. The van der Waals surface area contributed by atoms with Crippen molar-refractivity contribution in [3.05, 3.63) is 53.2 Å². The second-order valence-corrected chi connectivity index (χ2v) is 7.33. The highest BCUT2D eigenvalue weighted by Gasteiger charge is 2.31. The lowest BCUT2D eigenvalue weighted by Crippen LogP contribution is -2.39. The van der Waals surface area contributed by atoms with Crippen LogP contribution in [-0.2, 0) is 6.54 Å². The van der Waals surface area contributed by atoms with E-state index < -0.39 is 19.4 Å². The van der Waals surface area contributed by atoms with Crippen molar-refractivity contribution < 1.29 is 8.78 Å². The highest BCUT2D eigenvalue weighted by Crippen LogP contribution is 2.39. The van der Waals surface area contributed by atoms with Gasteiger partial charge in [-0.05, 0) is 37.0 Å². The van der Waals surface area contributed by atoms with E-state index in [0.717, 1.165) is 30.3 Å². The summed E-state index contributed by atoms with van der Waals surface area (Å²) in [7, 11) is 0. The third kappa shape index (κ3) is 3.05. The highest BCUT2D eigenvalue weighted by atomic mass is 19.1. The van der Waals surface area contributed by atoms with Gasteiger partial charge in [-0.2, -0.15) is 10.5 Å². The van der Waals surface area contributed by atoms with E-state index in [9.17, 15) is 19.3 Å². The minimum Gasteiger partial charge on any atom is -0.358 e. The molecule has 142 valence electrons. The largest absolute Gasteiger partial charge is 0.358 e. The predicted octanol–water partition coefficient (Wildman–Crippen LogP) is 4.31. The van der Waals surface area contributed by atoms with Gasteiger partial charge in [0.25, 0.3) is 0 Å². The van der Waals surface area contributed by atoms with Crippen LogP contribution >= 0.6 is 0 Å². The average molecular weight is 378 g/mol. The van der Waals surface area contributed by atoms with E-state index in [1.807, 2.05) is 18.2 Å². The Morgan fingerprint density at radius 2 is 1.93 bits per heavy atom. The number of fused-ring (bicyclic) bond motifs is 1. The fourth-order valence-corrected chi connectivity index (χ4v) is 3.84. The lowest BCUT2D eigenvalue weighted by Gasteiger charge is -2.34.